The van der Waals surface area contributed by atoms with E-state index in [0.717, 1.165) is 44.5 Å². The van der Waals surface area contributed by atoms with Crippen LogP contribution in [0, 0.1) is 0 Å². The van der Waals surface area contributed by atoms with E-state index in [9.17, 15) is 0 Å². The van der Waals surface area contributed by atoms with Crippen LogP contribution in [0.5, 0.6) is 0 Å². The van der Waals surface area contributed by atoms with Crippen LogP contribution in [-0.2, 0) is 4.74 Å². The molecule has 0 spiro atoms. The van der Waals surface area contributed by atoms with E-state index in [-0.39, 0.29) is 0 Å². The molecule has 1 heterocycles. The van der Waals surface area contributed by atoms with Crippen LogP contribution in [0.1, 0.15) is 25.7 Å². The van der Waals surface area contributed by atoms with E-state index in [1.54, 1.807) is 12.4 Å². The van der Waals surface area contributed by atoms with E-state index < -0.39 is 0 Å². The zero-order valence-electron chi connectivity index (χ0n) is 10.1. The molecule has 2 rings (SSSR count). The number of nitrogens with two attached hydrogens (primary N) is 1. The second-order valence-electron chi connectivity index (χ2n) is 4.57. The van der Waals surface area contributed by atoms with Crippen LogP contribution in [0.25, 0.3) is 0 Å². The van der Waals surface area contributed by atoms with Gasteiger partial charge in [-0.05, 0) is 37.8 Å². The fraction of sp³-hybridized carbons (Fsp3) is 0.615. The maximum atomic E-state index is 5.85. The van der Waals surface area contributed by atoms with Crippen LogP contribution in [0.3, 0.4) is 0 Å². The second-order valence-corrected chi connectivity index (χ2v) is 4.57. The largest absolute Gasteiger partial charge is 0.383 e. The van der Waals surface area contributed by atoms with Crippen LogP contribution >= 0.6 is 0 Å². The third-order valence-electron chi connectivity index (χ3n) is 3.18. The van der Waals surface area contributed by atoms with E-state index >= 15 is 0 Å². The van der Waals surface area contributed by atoms with E-state index in [1.807, 2.05) is 12.1 Å². The SMILES string of the molecule is NC1CCC(OCCNc2ccncc2)CC1. The van der Waals surface area contributed by atoms with Crippen LogP contribution in [0.4, 0.5) is 5.69 Å². The monoisotopic (exact) mass is 235 g/mol. The van der Waals surface area contributed by atoms with Gasteiger partial charge >= 0.3 is 0 Å². The van der Waals surface area contributed by atoms with Crippen molar-refractivity contribution >= 4 is 5.69 Å². The Morgan fingerprint density at radius 1 is 1.24 bits per heavy atom. The van der Waals surface area contributed by atoms with Crippen LogP contribution in [0.15, 0.2) is 24.5 Å². The van der Waals surface area contributed by atoms with E-state index in [0.29, 0.717) is 12.1 Å². The number of nitrogens with zero attached hydrogens (tertiary/aromatic N) is 1. The molecule has 3 N–H and O–H groups in total. The highest BCUT2D eigenvalue weighted by Crippen LogP contribution is 2.19. The topological polar surface area (TPSA) is 60.2 Å². The zero-order chi connectivity index (χ0) is 11.9. The first-order valence-electron chi connectivity index (χ1n) is 6.35. The minimum atomic E-state index is 0.393. The maximum absolute atomic E-state index is 5.85. The Balaban J connectivity index is 1.57. The average Bonchev–Trinajstić information content (AvgIpc) is 2.38. The van der Waals surface area contributed by atoms with E-state index in [4.69, 9.17) is 10.5 Å². The molecule has 1 aliphatic rings. The van der Waals surface area contributed by atoms with Crippen LogP contribution in [-0.4, -0.2) is 30.3 Å². The molecule has 0 aromatic carbocycles. The van der Waals surface area contributed by atoms with Gasteiger partial charge in [0.15, 0.2) is 0 Å². The fourth-order valence-electron chi connectivity index (χ4n) is 2.15. The van der Waals surface area contributed by atoms with Gasteiger partial charge in [0, 0.05) is 30.7 Å². The molecule has 0 radical (unpaired) electrons. The summed E-state index contributed by atoms with van der Waals surface area (Å²) in [6.45, 7) is 1.59. The lowest BCUT2D eigenvalue weighted by molar-refractivity contribution is 0.0313. The van der Waals surface area contributed by atoms with Crippen LogP contribution in [0.2, 0.25) is 0 Å². The molecule has 0 amide bonds. The van der Waals surface area contributed by atoms with Crippen molar-refractivity contribution in [3.63, 3.8) is 0 Å². The normalized spacial score (nSPS) is 24.5. The molecule has 17 heavy (non-hydrogen) atoms. The van der Waals surface area contributed by atoms with Crippen molar-refractivity contribution in [3.05, 3.63) is 24.5 Å². The number of nitrogens with one attached hydrogen (secondary N) is 1. The molecule has 1 aromatic rings. The summed E-state index contributed by atoms with van der Waals surface area (Å²) in [7, 11) is 0. The quantitative estimate of drug-likeness (QED) is 0.764. The van der Waals surface area contributed by atoms with Gasteiger partial charge in [-0.15, -0.1) is 0 Å². The van der Waals surface area contributed by atoms with Crippen molar-refractivity contribution in [1.82, 2.24) is 4.98 Å². The van der Waals surface area contributed by atoms with Crippen molar-refractivity contribution in [2.45, 2.75) is 37.8 Å². The smallest absolute Gasteiger partial charge is 0.0642 e. The Morgan fingerprint density at radius 3 is 2.65 bits per heavy atom. The summed E-state index contributed by atoms with van der Waals surface area (Å²) in [5.74, 6) is 0. The number of pyridine rings is 1. The predicted molar refractivity (Wildman–Crippen MR) is 68.9 cm³/mol. The van der Waals surface area contributed by atoms with E-state index in [2.05, 4.69) is 10.3 Å². The van der Waals surface area contributed by atoms with Crippen LogP contribution < -0.4 is 11.1 Å². The number of rotatable bonds is 5. The highest BCUT2D eigenvalue weighted by atomic mass is 16.5. The molecule has 1 aromatic heterocycles. The highest BCUT2D eigenvalue weighted by Gasteiger charge is 2.18. The standard InChI is InChI=1S/C13H21N3O/c14-11-1-3-13(4-2-11)17-10-9-16-12-5-7-15-8-6-12/h5-8,11,13H,1-4,9-10,14H2,(H,15,16). The van der Waals surface area contributed by atoms with Crippen molar-refractivity contribution < 1.29 is 4.74 Å². The molecule has 0 saturated heterocycles. The molecule has 0 unspecified atom stereocenters. The lowest BCUT2D eigenvalue weighted by Crippen LogP contribution is -2.31. The Bertz CT molecular complexity index is 310. The number of ether oxygens (including phenoxy) is 1. The van der Waals surface area contributed by atoms with Crippen molar-refractivity contribution in [2.24, 2.45) is 5.73 Å². The van der Waals surface area contributed by atoms with Crippen molar-refractivity contribution in [3.8, 4) is 0 Å². The van der Waals surface area contributed by atoms with Gasteiger partial charge in [-0.25, -0.2) is 0 Å². The summed E-state index contributed by atoms with van der Waals surface area (Å²) in [5.41, 5.74) is 6.95. The summed E-state index contributed by atoms with van der Waals surface area (Å²) in [5, 5.41) is 3.30. The van der Waals surface area contributed by atoms with E-state index in [1.165, 1.54) is 0 Å². The van der Waals surface area contributed by atoms with Gasteiger partial charge in [0.25, 0.3) is 0 Å². The molecule has 1 fully saturated rings. The summed E-state index contributed by atoms with van der Waals surface area (Å²) in [6.07, 6.45) is 8.39. The lowest BCUT2D eigenvalue weighted by Gasteiger charge is -2.26. The molecule has 1 saturated carbocycles. The molecule has 0 aliphatic heterocycles. The predicted octanol–water partition coefficient (Wildman–Crippen LogP) is 1.78. The first-order chi connectivity index (χ1) is 8.34. The molecule has 4 nitrogen and oxygen atoms in total. The number of hydrogen-bond donors (Lipinski definition) is 2. The minimum absolute atomic E-state index is 0.393. The molecule has 0 bridgehead atoms. The Hall–Kier alpha value is -1.13. The number of aromatic nitrogens is 1. The Labute approximate surface area is 103 Å². The summed E-state index contributed by atoms with van der Waals surface area (Å²) in [4.78, 5) is 3.97. The first kappa shape index (κ1) is 12.3. The van der Waals surface area contributed by atoms with Crippen molar-refractivity contribution in [2.75, 3.05) is 18.5 Å². The third kappa shape index (κ3) is 4.32. The van der Waals surface area contributed by atoms with Crippen molar-refractivity contribution in [1.29, 1.82) is 0 Å². The van der Waals surface area contributed by atoms with Gasteiger partial charge in [0.05, 0.1) is 12.7 Å². The van der Waals surface area contributed by atoms with Gasteiger partial charge in [-0.3, -0.25) is 4.98 Å². The highest BCUT2D eigenvalue weighted by molar-refractivity contribution is 5.40. The molecule has 1 aliphatic carbocycles. The molecule has 4 heteroatoms. The molecule has 0 atom stereocenters. The lowest BCUT2D eigenvalue weighted by atomic mass is 9.94. The Morgan fingerprint density at radius 2 is 1.94 bits per heavy atom. The number of hydrogen-bond acceptors (Lipinski definition) is 4. The second kappa shape index (κ2) is 6.57. The van der Waals surface area contributed by atoms with Gasteiger partial charge in [-0.1, -0.05) is 0 Å². The summed E-state index contributed by atoms with van der Waals surface area (Å²) >= 11 is 0. The third-order valence-corrected chi connectivity index (χ3v) is 3.18. The minimum Gasteiger partial charge on any atom is -0.383 e. The molecule has 94 valence electrons. The maximum Gasteiger partial charge on any atom is 0.0642 e. The average molecular weight is 235 g/mol. The van der Waals surface area contributed by atoms with Gasteiger partial charge in [0.2, 0.25) is 0 Å². The fourth-order valence-corrected chi connectivity index (χ4v) is 2.15. The van der Waals surface area contributed by atoms with Gasteiger partial charge < -0.3 is 15.8 Å². The number of anilines is 1. The Kier molecular flexibility index (Phi) is 4.76. The molecular formula is C13H21N3O. The molecular weight excluding hydrogens is 214 g/mol. The first-order valence-corrected chi connectivity index (χ1v) is 6.35. The van der Waals surface area contributed by atoms with Gasteiger partial charge in [0.1, 0.15) is 0 Å². The van der Waals surface area contributed by atoms with Gasteiger partial charge in [-0.2, -0.15) is 0 Å². The summed E-state index contributed by atoms with van der Waals surface area (Å²) < 4.78 is 5.82. The zero-order valence-corrected chi connectivity index (χ0v) is 10.1. The summed E-state index contributed by atoms with van der Waals surface area (Å²) in [6, 6.07) is 4.31.